The van der Waals surface area contributed by atoms with E-state index in [0.29, 0.717) is 0 Å². The smallest absolute Gasteiger partial charge is 0.328 e. The highest BCUT2D eigenvalue weighted by molar-refractivity contribution is 5.97. The van der Waals surface area contributed by atoms with Crippen molar-refractivity contribution in [2.45, 2.75) is 70.4 Å². The summed E-state index contributed by atoms with van der Waals surface area (Å²) in [6, 6.07) is -8.82. The zero-order valence-electron chi connectivity index (χ0n) is 25.4. The zero-order chi connectivity index (χ0) is 35.0. The summed E-state index contributed by atoms with van der Waals surface area (Å²) in [5.41, 5.74) is 10.8. The lowest BCUT2D eigenvalue weighted by atomic mass is 10.0. The van der Waals surface area contributed by atoms with Crippen LogP contribution in [0.15, 0.2) is 0 Å². The van der Waals surface area contributed by atoms with Crippen molar-refractivity contribution in [2.75, 3.05) is 26.4 Å². The van der Waals surface area contributed by atoms with Gasteiger partial charge in [0.1, 0.15) is 30.2 Å². The van der Waals surface area contributed by atoms with Gasteiger partial charge in [0, 0.05) is 0 Å². The highest BCUT2D eigenvalue weighted by atomic mass is 16.4. The minimum atomic E-state index is -1.73. The standard InChI is InChI=1S/C25H44N8O12/c1-10(2)18(27)23(42)31-13(7-34)21(40)30-14(8-35)22(41)33-19(11(3)4)24(43)28-6-17(38)29-12(5-16(26)37)20(39)32-15(9-36)25(44)45/h10-15,18-19,34-36H,5-9,27H2,1-4H3,(H2,26,37)(H,28,43)(H,29,38)(H,30,40)(H,31,42)(H,32,39)(H,33,41)(H,44,45)/t12-,13-,14-,15-,18-,19-/m0/s1. The quantitative estimate of drug-likeness (QED) is 0.0584. The third-order valence-corrected chi connectivity index (χ3v) is 6.18. The Balaban J connectivity index is 5.37. The van der Waals surface area contributed by atoms with Gasteiger partial charge in [0.25, 0.3) is 0 Å². The van der Waals surface area contributed by atoms with Gasteiger partial charge >= 0.3 is 5.97 Å². The van der Waals surface area contributed by atoms with Crippen molar-refractivity contribution in [3.63, 3.8) is 0 Å². The van der Waals surface area contributed by atoms with Gasteiger partial charge in [-0.25, -0.2) is 4.79 Å². The highest BCUT2D eigenvalue weighted by Crippen LogP contribution is 2.04. The molecular weight excluding hydrogens is 604 g/mol. The second kappa shape index (κ2) is 19.8. The van der Waals surface area contributed by atoms with Crippen LogP contribution in [0.25, 0.3) is 0 Å². The number of hydrogen-bond donors (Lipinski definition) is 12. The van der Waals surface area contributed by atoms with Crippen molar-refractivity contribution < 1.29 is 58.8 Å². The molecule has 0 aromatic rings. The number of amides is 7. The van der Waals surface area contributed by atoms with E-state index < -0.39 is 122 Å². The Morgan fingerprint density at radius 3 is 1.47 bits per heavy atom. The van der Waals surface area contributed by atoms with Gasteiger partial charge in [-0.1, -0.05) is 27.7 Å². The summed E-state index contributed by atoms with van der Waals surface area (Å²) in [6.45, 7) is 2.82. The van der Waals surface area contributed by atoms with Crippen LogP contribution < -0.4 is 43.4 Å². The van der Waals surface area contributed by atoms with Gasteiger partial charge in [0.15, 0.2) is 0 Å². The summed E-state index contributed by atoms with van der Waals surface area (Å²) < 4.78 is 0. The second-order valence-corrected chi connectivity index (χ2v) is 10.6. The molecule has 0 saturated carbocycles. The average molecular weight is 649 g/mol. The summed E-state index contributed by atoms with van der Waals surface area (Å²) in [5, 5.41) is 50.2. The average Bonchev–Trinajstić information content (AvgIpc) is 2.96. The summed E-state index contributed by atoms with van der Waals surface area (Å²) in [4.78, 5) is 97.6. The number of aliphatic carboxylic acids is 1. The van der Waals surface area contributed by atoms with E-state index in [1.54, 1.807) is 13.8 Å². The first-order valence-corrected chi connectivity index (χ1v) is 13.8. The number of rotatable bonds is 20. The molecule has 14 N–H and O–H groups in total. The van der Waals surface area contributed by atoms with Crippen LogP contribution in [0.5, 0.6) is 0 Å². The van der Waals surface area contributed by atoms with Crippen LogP contribution in [-0.2, 0) is 38.4 Å². The number of carboxylic acids is 1. The van der Waals surface area contributed by atoms with Crippen LogP contribution in [0.3, 0.4) is 0 Å². The van der Waals surface area contributed by atoms with Crippen LogP contribution in [0.4, 0.5) is 0 Å². The van der Waals surface area contributed by atoms with Crippen molar-refractivity contribution in [1.29, 1.82) is 0 Å². The van der Waals surface area contributed by atoms with Crippen molar-refractivity contribution in [3.8, 4) is 0 Å². The monoisotopic (exact) mass is 648 g/mol. The molecule has 0 fully saturated rings. The Morgan fingerprint density at radius 1 is 0.600 bits per heavy atom. The van der Waals surface area contributed by atoms with Crippen molar-refractivity contribution in [2.24, 2.45) is 23.3 Å². The molecule has 0 aliphatic carbocycles. The largest absolute Gasteiger partial charge is 0.480 e. The zero-order valence-corrected chi connectivity index (χ0v) is 25.4. The van der Waals surface area contributed by atoms with Crippen LogP contribution >= 0.6 is 0 Å². The second-order valence-electron chi connectivity index (χ2n) is 10.6. The van der Waals surface area contributed by atoms with E-state index in [9.17, 15) is 48.6 Å². The number of aliphatic hydroxyl groups excluding tert-OH is 3. The molecule has 0 saturated heterocycles. The molecule has 20 nitrogen and oxygen atoms in total. The van der Waals surface area contributed by atoms with E-state index in [4.69, 9.17) is 21.7 Å². The van der Waals surface area contributed by atoms with Crippen LogP contribution in [0.2, 0.25) is 0 Å². The molecular formula is C25H44N8O12. The van der Waals surface area contributed by atoms with Gasteiger partial charge in [0.05, 0.1) is 38.8 Å². The number of aliphatic hydroxyl groups is 3. The maximum atomic E-state index is 12.8. The molecule has 0 aromatic heterocycles. The first-order valence-electron chi connectivity index (χ1n) is 13.8. The Labute approximate surface area is 258 Å². The lowest BCUT2D eigenvalue weighted by Crippen LogP contribution is -2.60. The summed E-state index contributed by atoms with van der Waals surface area (Å²) in [7, 11) is 0. The maximum Gasteiger partial charge on any atom is 0.328 e. The summed E-state index contributed by atoms with van der Waals surface area (Å²) in [5.74, 6) is -9.35. The molecule has 0 aliphatic rings. The van der Waals surface area contributed by atoms with Gasteiger partial charge in [-0.15, -0.1) is 0 Å². The number of nitrogens with two attached hydrogens (primary N) is 2. The molecule has 20 heteroatoms. The molecule has 0 rings (SSSR count). The van der Waals surface area contributed by atoms with Gasteiger partial charge in [-0.3, -0.25) is 33.6 Å². The number of nitrogens with one attached hydrogen (secondary N) is 6. The third-order valence-electron chi connectivity index (χ3n) is 6.18. The van der Waals surface area contributed by atoms with Gasteiger partial charge in [-0.05, 0) is 11.8 Å². The van der Waals surface area contributed by atoms with Crippen molar-refractivity contribution in [3.05, 3.63) is 0 Å². The maximum absolute atomic E-state index is 12.8. The number of primary amides is 1. The molecule has 6 atom stereocenters. The topological polar surface area (TPSA) is 342 Å². The van der Waals surface area contributed by atoms with E-state index in [0.717, 1.165) is 0 Å². The molecule has 0 aromatic carbocycles. The highest BCUT2D eigenvalue weighted by Gasteiger charge is 2.32. The van der Waals surface area contributed by atoms with E-state index in [1.165, 1.54) is 13.8 Å². The first kappa shape index (κ1) is 40.6. The molecule has 0 aliphatic heterocycles. The van der Waals surface area contributed by atoms with Gasteiger partial charge < -0.3 is 63.8 Å². The minimum absolute atomic E-state index is 0.284. The van der Waals surface area contributed by atoms with E-state index in [-0.39, 0.29) is 5.92 Å². The number of carbonyl (C=O) groups is 8. The molecule has 45 heavy (non-hydrogen) atoms. The fourth-order valence-electron chi connectivity index (χ4n) is 3.41. The normalized spacial score (nSPS) is 15.0. The summed E-state index contributed by atoms with van der Waals surface area (Å²) >= 11 is 0. The molecule has 256 valence electrons. The van der Waals surface area contributed by atoms with Crippen molar-refractivity contribution in [1.82, 2.24) is 31.9 Å². The molecule has 7 amide bonds. The Bertz CT molecular complexity index is 1090. The number of carbonyl (C=O) groups excluding carboxylic acids is 7. The Kier molecular flexibility index (Phi) is 17.9. The first-order chi connectivity index (χ1) is 20.9. The molecule has 0 unspecified atom stereocenters. The van der Waals surface area contributed by atoms with Gasteiger partial charge in [-0.2, -0.15) is 0 Å². The van der Waals surface area contributed by atoms with E-state index in [2.05, 4.69) is 26.6 Å². The fourth-order valence-corrected chi connectivity index (χ4v) is 3.41. The summed E-state index contributed by atoms with van der Waals surface area (Å²) in [6.07, 6.45) is -0.742. The minimum Gasteiger partial charge on any atom is -0.480 e. The lowest BCUT2D eigenvalue weighted by molar-refractivity contribution is -0.143. The Hall–Kier alpha value is -4.40. The van der Waals surface area contributed by atoms with Crippen LogP contribution in [0, 0.1) is 11.8 Å². The van der Waals surface area contributed by atoms with E-state index >= 15 is 0 Å². The SMILES string of the molecule is CC(C)[C@H](N)C(=O)N[C@@H](CO)C(=O)N[C@@H](CO)C(=O)N[C@H](C(=O)NCC(=O)N[C@@H](CC(N)=O)C(=O)N[C@@H](CO)C(=O)O)C(C)C. The van der Waals surface area contributed by atoms with Crippen molar-refractivity contribution >= 4 is 47.3 Å². The molecule has 0 spiro atoms. The van der Waals surface area contributed by atoms with Crippen LogP contribution in [-0.4, -0.2) is 130 Å². The number of hydrogen-bond acceptors (Lipinski definition) is 12. The van der Waals surface area contributed by atoms with Gasteiger partial charge in [0.2, 0.25) is 41.4 Å². The third kappa shape index (κ3) is 14.3. The fraction of sp³-hybridized carbons (Fsp3) is 0.680. The molecule has 0 radical (unpaired) electrons. The predicted octanol–water partition coefficient (Wildman–Crippen LogP) is -6.90. The van der Waals surface area contributed by atoms with Crippen LogP contribution in [0.1, 0.15) is 34.1 Å². The molecule has 0 bridgehead atoms. The lowest BCUT2D eigenvalue weighted by Gasteiger charge is -2.26. The number of carboxylic acid groups (broad SMARTS) is 1. The predicted molar refractivity (Wildman–Crippen MR) is 153 cm³/mol. The Morgan fingerprint density at radius 2 is 1.04 bits per heavy atom. The molecule has 0 heterocycles. The van der Waals surface area contributed by atoms with E-state index in [1.807, 2.05) is 5.32 Å².